The van der Waals surface area contributed by atoms with Crippen LogP contribution in [0.3, 0.4) is 0 Å². The standard InChI is InChI=1S/C25H31NO5/c1-16(2)23(31-13-18-5-7-20(8-6-18)22-14-30-15-22)24(27)26-17(3)19-9-11-21(12-10-19)25(28)29-4/h5-12,16-17,22-23H,13-15H2,1-4H3,(H,26,27). The van der Waals surface area contributed by atoms with Crippen LogP contribution in [-0.4, -0.2) is 38.3 Å². The van der Waals surface area contributed by atoms with Crippen LogP contribution in [0.5, 0.6) is 0 Å². The van der Waals surface area contributed by atoms with Gasteiger partial charge in [0.1, 0.15) is 6.10 Å². The molecule has 1 aliphatic rings. The molecular formula is C25H31NO5. The van der Waals surface area contributed by atoms with Gasteiger partial charge in [0.25, 0.3) is 0 Å². The smallest absolute Gasteiger partial charge is 0.337 e. The molecule has 2 unspecified atom stereocenters. The van der Waals surface area contributed by atoms with Crippen molar-refractivity contribution in [2.45, 2.75) is 45.4 Å². The van der Waals surface area contributed by atoms with Crippen molar-refractivity contribution in [1.82, 2.24) is 5.32 Å². The van der Waals surface area contributed by atoms with Crippen molar-refractivity contribution in [1.29, 1.82) is 0 Å². The molecule has 1 N–H and O–H groups in total. The summed E-state index contributed by atoms with van der Waals surface area (Å²) in [5.74, 6) is -0.0130. The number of rotatable bonds is 9. The lowest BCUT2D eigenvalue weighted by atomic mass is 9.97. The molecule has 1 aliphatic heterocycles. The first-order valence-corrected chi connectivity index (χ1v) is 10.7. The van der Waals surface area contributed by atoms with E-state index in [-0.39, 0.29) is 23.8 Å². The van der Waals surface area contributed by atoms with E-state index >= 15 is 0 Å². The Balaban J connectivity index is 1.56. The third-order valence-electron chi connectivity index (χ3n) is 5.57. The highest BCUT2D eigenvalue weighted by Crippen LogP contribution is 2.24. The summed E-state index contributed by atoms with van der Waals surface area (Å²) in [7, 11) is 1.35. The van der Waals surface area contributed by atoms with Gasteiger partial charge < -0.3 is 19.5 Å². The molecule has 166 valence electrons. The minimum Gasteiger partial charge on any atom is -0.465 e. The average Bonchev–Trinajstić information content (AvgIpc) is 2.73. The van der Waals surface area contributed by atoms with E-state index in [1.165, 1.54) is 12.7 Å². The Kier molecular flexibility index (Phi) is 7.82. The summed E-state index contributed by atoms with van der Waals surface area (Å²) in [5.41, 5.74) is 3.69. The number of amides is 1. The molecule has 1 saturated heterocycles. The number of nitrogens with one attached hydrogen (secondary N) is 1. The van der Waals surface area contributed by atoms with E-state index in [0.717, 1.165) is 24.3 Å². The number of hydrogen-bond acceptors (Lipinski definition) is 5. The highest BCUT2D eigenvalue weighted by Gasteiger charge is 2.25. The van der Waals surface area contributed by atoms with Gasteiger partial charge in [-0.1, -0.05) is 50.2 Å². The molecule has 0 saturated carbocycles. The van der Waals surface area contributed by atoms with Crippen LogP contribution in [0.2, 0.25) is 0 Å². The van der Waals surface area contributed by atoms with E-state index in [0.29, 0.717) is 18.1 Å². The number of benzene rings is 2. The third kappa shape index (κ3) is 5.93. The number of ether oxygens (including phenoxy) is 3. The van der Waals surface area contributed by atoms with Crippen LogP contribution >= 0.6 is 0 Å². The Labute approximate surface area is 183 Å². The van der Waals surface area contributed by atoms with E-state index in [9.17, 15) is 9.59 Å². The molecule has 6 heteroatoms. The highest BCUT2D eigenvalue weighted by molar-refractivity contribution is 5.89. The SMILES string of the molecule is COC(=O)c1ccc(C(C)NC(=O)C(OCc2ccc(C3COC3)cc2)C(C)C)cc1. The predicted octanol–water partition coefficient (Wildman–Crippen LogP) is 4.01. The summed E-state index contributed by atoms with van der Waals surface area (Å²) in [4.78, 5) is 24.5. The Morgan fingerprint density at radius 1 is 1.03 bits per heavy atom. The lowest BCUT2D eigenvalue weighted by Crippen LogP contribution is -2.40. The minimum atomic E-state index is -0.559. The quantitative estimate of drug-likeness (QED) is 0.615. The lowest BCUT2D eigenvalue weighted by molar-refractivity contribution is -0.137. The molecule has 0 aromatic heterocycles. The van der Waals surface area contributed by atoms with Gasteiger partial charge in [0.15, 0.2) is 0 Å². The van der Waals surface area contributed by atoms with Gasteiger partial charge in [-0.3, -0.25) is 4.79 Å². The first kappa shape index (κ1) is 23.0. The molecular weight excluding hydrogens is 394 g/mol. The van der Waals surface area contributed by atoms with Gasteiger partial charge in [0.2, 0.25) is 5.91 Å². The summed E-state index contributed by atoms with van der Waals surface area (Å²) in [6.07, 6.45) is -0.559. The fraction of sp³-hybridized carbons (Fsp3) is 0.440. The van der Waals surface area contributed by atoms with Crippen molar-refractivity contribution in [3.05, 3.63) is 70.8 Å². The van der Waals surface area contributed by atoms with E-state index < -0.39 is 6.10 Å². The van der Waals surface area contributed by atoms with Crippen LogP contribution in [0.4, 0.5) is 0 Å². The maximum absolute atomic E-state index is 12.9. The fourth-order valence-electron chi connectivity index (χ4n) is 3.48. The molecule has 0 bridgehead atoms. The van der Waals surface area contributed by atoms with Gasteiger partial charge in [0, 0.05) is 5.92 Å². The summed E-state index contributed by atoms with van der Waals surface area (Å²) >= 11 is 0. The molecule has 2 atom stereocenters. The topological polar surface area (TPSA) is 73.9 Å². The normalized spacial score (nSPS) is 15.8. The molecule has 0 spiro atoms. The van der Waals surface area contributed by atoms with Crippen LogP contribution in [0.1, 0.15) is 59.8 Å². The third-order valence-corrected chi connectivity index (χ3v) is 5.57. The minimum absolute atomic E-state index is 0.0281. The summed E-state index contributed by atoms with van der Waals surface area (Å²) in [5, 5.41) is 3.02. The first-order valence-electron chi connectivity index (χ1n) is 10.7. The van der Waals surface area contributed by atoms with Crippen molar-refractivity contribution >= 4 is 11.9 Å². The van der Waals surface area contributed by atoms with Crippen LogP contribution in [0.25, 0.3) is 0 Å². The maximum Gasteiger partial charge on any atom is 0.337 e. The van der Waals surface area contributed by atoms with Gasteiger partial charge in [0.05, 0.1) is 38.5 Å². The van der Waals surface area contributed by atoms with E-state index in [4.69, 9.17) is 14.2 Å². The zero-order valence-corrected chi connectivity index (χ0v) is 18.6. The number of esters is 1. The van der Waals surface area contributed by atoms with E-state index in [1.807, 2.05) is 32.9 Å². The number of methoxy groups -OCH3 is 1. The lowest BCUT2D eigenvalue weighted by Gasteiger charge is -2.26. The van der Waals surface area contributed by atoms with Crippen molar-refractivity contribution in [2.24, 2.45) is 5.92 Å². The first-order chi connectivity index (χ1) is 14.9. The molecule has 31 heavy (non-hydrogen) atoms. The molecule has 1 amide bonds. The van der Waals surface area contributed by atoms with Crippen molar-refractivity contribution < 1.29 is 23.8 Å². The largest absolute Gasteiger partial charge is 0.465 e. The van der Waals surface area contributed by atoms with Gasteiger partial charge in [-0.15, -0.1) is 0 Å². The molecule has 3 rings (SSSR count). The summed E-state index contributed by atoms with van der Waals surface area (Å²) in [6, 6.07) is 15.1. The Morgan fingerprint density at radius 3 is 2.19 bits per heavy atom. The van der Waals surface area contributed by atoms with Crippen molar-refractivity contribution in [3.63, 3.8) is 0 Å². The van der Waals surface area contributed by atoms with Crippen LogP contribution in [-0.2, 0) is 25.6 Å². The summed E-state index contributed by atoms with van der Waals surface area (Å²) in [6.45, 7) is 7.80. The zero-order valence-electron chi connectivity index (χ0n) is 18.6. The van der Waals surface area contributed by atoms with Crippen LogP contribution < -0.4 is 5.32 Å². The van der Waals surface area contributed by atoms with Crippen LogP contribution in [0.15, 0.2) is 48.5 Å². The summed E-state index contributed by atoms with van der Waals surface area (Å²) < 4.78 is 16.0. The molecule has 1 heterocycles. The second-order valence-electron chi connectivity index (χ2n) is 8.30. The second-order valence-corrected chi connectivity index (χ2v) is 8.30. The molecule has 2 aromatic carbocycles. The Bertz CT molecular complexity index is 872. The van der Waals surface area contributed by atoms with E-state index in [2.05, 4.69) is 29.6 Å². The number of carbonyl (C=O) groups is 2. The number of carbonyl (C=O) groups excluding carboxylic acids is 2. The second kappa shape index (κ2) is 10.6. The maximum atomic E-state index is 12.9. The molecule has 2 aromatic rings. The monoisotopic (exact) mass is 425 g/mol. The average molecular weight is 426 g/mol. The van der Waals surface area contributed by atoms with Gasteiger partial charge in [-0.2, -0.15) is 0 Å². The molecule has 0 radical (unpaired) electrons. The highest BCUT2D eigenvalue weighted by atomic mass is 16.5. The van der Waals surface area contributed by atoms with Gasteiger partial charge in [-0.25, -0.2) is 4.79 Å². The van der Waals surface area contributed by atoms with Crippen molar-refractivity contribution in [3.8, 4) is 0 Å². The van der Waals surface area contributed by atoms with Gasteiger partial charge in [-0.05, 0) is 41.7 Å². The fourth-order valence-corrected chi connectivity index (χ4v) is 3.48. The predicted molar refractivity (Wildman–Crippen MR) is 118 cm³/mol. The van der Waals surface area contributed by atoms with Crippen molar-refractivity contribution in [2.75, 3.05) is 20.3 Å². The molecule has 6 nitrogen and oxygen atoms in total. The van der Waals surface area contributed by atoms with Gasteiger partial charge >= 0.3 is 5.97 Å². The zero-order chi connectivity index (χ0) is 22.4. The Hall–Kier alpha value is -2.70. The number of hydrogen-bond donors (Lipinski definition) is 1. The van der Waals surface area contributed by atoms with E-state index in [1.54, 1.807) is 12.1 Å². The molecule has 0 aliphatic carbocycles. The van der Waals surface area contributed by atoms with Crippen LogP contribution in [0, 0.1) is 5.92 Å². The Morgan fingerprint density at radius 2 is 1.68 bits per heavy atom. The molecule has 1 fully saturated rings.